The van der Waals surface area contributed by atoms with Crippen LogP contribution in [0.3, 0.4) is 0 Å². The average Bonchev–Trinajstić information content (AvgIpc) is 2.77. The molecule has 1 fully saturated rings. The minimum absolute atomic E-state index is 0.0321. The first-order chi connectivity index (χ1) is 11.1. The zero-order valence-corrected chi connectivity index (χ0v) is 13.7. The maximum Gasteiger partial charge on any atom is 0.266 e. The Morgan fingerprint density at radius 2 is 2.00 bits per heavy atom. The molecule has 1 aromatic carbocycles. The lowest BCUT2D eigenvalue weighted by Gasteiger charge is -2.26. The number of rotatable bonds is 3. The van der Waals surface area contributed by atoms with Gasteiger partial charge >= 0.3 is 0 Å². The molecular formula is C17H21ClN2O3. The lowest BCUT2D eigenvalue weighted by molar-refractivity contribution is -0.130. The SMILES string of the molecule is O=C(C[C@@H]1Oc2ccc(Cl)cc2NC1=O)NC1CCCCCC1. The van der Waals surface area contributed by atoms with Crippen LogP contribution in [-0.2, 0) is 9.59 Å². The third-order valence-electron chi connectivity index (χ3n) is 4.35. The molecule has 124 valence electrons. The van der Waals surface area contributed by atoms with Crippen molar-refractivity contribution in [1.29, 1.82) is 0 Å². The molecule has 1 aliphatic carbocycles. The first-order valence-corrected chi connectivity index (χ1v) is 8.56. The predicted octanol–water partition coefficient (Wildman–Crippen LogP) is 3.27. The molecule has 0 bridgehead atoms. The molecule has 2 aliphatic rings. The summed E-state index contributed by atoms with van der Waals surface area (Å²) < 4.78 is 5.65. The van der Waals surface area contributed by atoms with E-state index in [1.807, 2.05) is 0 Å². The molecule has 1 aliphatic heterocycles. The molecule has 6 heteroatoms. The van der Waals surface area contributed by atoms with E-state index in [2.05, 4.69) is 10.6 Å². The van der Waals surface area contributed by atoms with E-state index in [0.29, 0.717) is 16.5 Å². The minimum atomic E-state index is -0.797. The highest BCUT2D eigenvalue weighted by Crippen LogP contribution is 2.32. The molecular weight excluding hydrogens is 316 g/mol. The largest absolute Gasteiger partial charge is 0.478 e. The minimum Gasteiger partial charge on any atom is -0.478 e. The smallest absolute Gasteiger partial charge is 0.266 e. The molecule has 0 unspecified atom stereocenters. The summed E-state index contributed by atoms with van der Waals surface area (Å²) in [6, 6.07) is 5.26. The fraction of sp³-hybridized carbons (Fsp3) is 0.529. The Hall–Kier alpha value is -1.75. The molecule has 2 N–H and O–H groups in total. The summed E-state index contributed by atoms with van der Waals surface area (Å²) in [6.07, 6.45) is 6.05. The zero-order valence-electron chi connectivity index (χ0n) is 12.9. The molecule has 1 aromatic rings. The maximum atomic E-state index is 12.2. The third kappa shape index (κ3) is 4.16. The second kappa shape index (κ2) is 7.21. The van der Waals surface area contributed by atoms with Crippen LogP contribution in [0.15, 0.2) is 18.2 Å². The normalized spacial score (nSPS) is 21.6. The summed E-state index contributed by atoms with van der Waals surface area (Å²) in [6.45, 7) is 0. The Labute approximate surface area is 140 Å². The Balaban J connectivity index is 1.58. The summed E-state index contributed by atoms with van der Waals surface area (Å²) in [5.74, 6) is 0.103. The van der Waals surface area contributed by atoms with E-state index in [9.17, 15) is 9.59 Å². The van der Waals surface area contributed by atoms with Crippen molar-refractivity contribution in [3.63, 3.8) is 0 Å². The number of carbonyl (C=O) groups is 2. The zero-order chi connectivity index (χ0) is 16.2. The van der Waals surface area contributed by atoms with Gasteiger partial charge in [0.2, 0.25) is 5.91 Å². The Bertz CT molecular complexity index is 598. The van der Waals surface area contributed by atoms with Gasteiger partial charge in [-0.3, -0.25) is 9.59 Å². The van der Waals surface area contributed by atoms with Gasteiger partial charge in [0.25, 0.3) is 5.91 Å². The second-order valence-corrected chi connectivity index (χ2v) is 6.63. The van der Waals surface area contributed by atoms with Gasteiger partial charge in [-0.15, -0.1) is 0 Å². The second-order valence-electron chi connectivity index (χ2n) is 6.20. The highest BCUT2D eigenvalue weighted by Gasteiger charge is 2.30. The van der Waals surface area contributed by atoms with E-state index in [4.69, 9.17) is 16.3 Å². The molecule has 0 saturated heterocycles. The number of nitrogens with one attached hydrogen (secondary N) is 2. The summed E-state index contributed by atoms with van der Waals surface area (Å²) in [4.78, 5) is 24.3. The number of benzene rings is 1. The van der Waals surface area contributed by atoms with E-state index < -0.39 is 6.10 Å². The number of hydrogen-bond donors (Lipinski definition) is 2. The van der Waals surface area contributed by atoms with E-state index in [1.165, 1.54) is 12.8 Å². The fourth-order valence-electron chi connectivity index (χ4n) is 3.14. The topological polar surface area (TPSA) is 67.4 Å². The molecule has 1 atom stereocenters. The number of amides is 2. The number of ether oxygens (including phenoxy) is 1. The van der Waals surface area contributed by atoms with Gasteiger partial charge < -0.3 is 15.4 Å². The van der Waals surface area contributed by atoms with Crippen LogP contribution in [0, 0.1) is 0 Å². The standard InChI is InChI=1S/C17H21ClN2O3/c18-11-7-8-14-13(9-11)20-17(22)15(23-14)10-16(21)19-12-5-3-1-2-4-6-12/h7-9,12,15H,1-6,10H2,(H,19,21)(H,20,22)/t15-/m0/s1. The Kier molecular flexibility index (Phi) is 5.06. The summed E-state index contributed by atoms with van der Waals surface area (Å²) in [7, 11) is 0. The lowest BCUT2D eigenvalue weighted by atomic mass is 10.1. The highest BCUT2D eigenvalue weighted by molar-refractivity contribution is 6.31. The van der Waals surface area contributed by atoms with Crippen molar-refractivity contribution in [3.05, 3.63) is 23.2 Å². The van der Waals surface area contributed by atoms with Crippen LogP contribution in [-0.4, -0.2) is 24.0 Å². The van der Waals surface area contributed by atoms with Crippen LogP contribution in [0.2, 0.25) is 5.02 Å². The fourth-order valence-corrected chi connectivity index (χ4v) is 3.31. The van der Waals surface area contributed by atoms with Gasteiger partial charge in [0.15, 0.2) is 6.10 Å². The van der Waals surface area contributed by atoms with Gasteiger partial charge in [0.1, 0.15) is 5.75 Å². The number of fused-ring (bicyclic) bond motifs is 1. The van der Waals surface area contributed by atoms with Gasteiger partial charge in [-0.05, 0) is 31.0 Å². The van der Waals surface area contributed by atoms with E-state index in [0.717, 1.165) is 25.7 Å². The van der Waals surface area contributed by atoms with Crippen LogP contribution < -0.4 is 15.4 Å². The molecule has 23 heavy (non-hydrogen) atoms. The number of anilines is 1. The van der Waals surface area contributed by atoms with E-state index in [-0.39, 0.29) is 24.3 Å². The maximum absolute atomic E-state index is 12.2. The molecule has 5 nitrogen and oxygen atoms in total. The number of hydrogen-bond acceptors (Lipinski definition) is 3. The number of carbonyl (C=O) groups excluding carboxylic acids is 2. The summed E-state index contributed by atoms with van der Waals surface area (Å²) in [5.41, 5.74) is 0.544. The Morgan fingerprint density at radius 1 is 1.26 bits per heavy atom. The van der Waals surface area contributed by atoms with Crippen molar-refractivity contribution in [1.82, 2.24) is 5.32 Å². The van der Waals surface area contributed by atoms with Crippen LogP contribution >= 0.6 is 11.6 Å². The van der Waals surface area contributed by atoms with Gasteiger partial charge in [-0.1, -0.05) is 37.3 Å². The van der Waals surface area contributed by atoms with Gasteiger partial charge in [0, 0.05) is 11.1 Å². The van der Waals surface area contributed by atoms with Crippen molar-refractivity contribution in [2.24, 2.45) is 0 Å². The Morgan fingerprint density at radius 3 is 2.74 bits per heavy atom. The van der Waals surface area contributed by atoms with Crippen molar-refractivity contribution >= 4 is 29.1 Å². The van der Waals surface area contributed by atoms with Crippen molar-refractivity contribution < 1.29 is 14.3 Å². The van der Waals surface area contributed by atoms with Gasteiger partial charge in [0.05, 0.1) is 12.1 Å². The molecule has 3 rings (SSSR count). The lowest BCUT2D eigenvalue weighted by Crippen LogP contribution is -2.43. The molecule has 2 amide bonds. The highest BCUT2D eigenvalue weighted by atomic mass is 35.5. The predicted molar refractivity (Wildman–Crippen MR) is 88.7 cm³/mol. The van der Waals surface area contributed by atoms with E-state index >= 15 is 0 Å². The van der Waals surface area contributed by atoms with Crippen LogP contribution in [0.4, 0.5) is 5.69 Å². The molecule has 0 aromatic heterocycles. The number of halogens is 1. The van der Waals surface area contributed by atoms with Crippen LogP contribution in [0.25, 0.3) is 0 Å². The van der Waals surface area contributed by atoms with Gasteiger partial charge in [-0.25, -0.2) is 0 Å². The first-order valence-electron chi connectivity index (χ1n) is 8.18. The third-order valence-corrected chi connectivity index (χ3v) is 4.59. The van der Waals surface area contributed by atoms with Crippen molar-refractivity contribution in [2.75, 3.05) is 5.32 Å². The molecule has 1 heterocycles. The van der Waals surface area contributed by atoms with Crippen LogP contribution in [0.5, 0.6) is 5.75 Å². The first kappa shape index (κ1) is 16.1. The van der Waals surface area contributed by atoms with Gasteiger partial charge in [-0.2, -0.15) is 0 Å². The summed E-state index contributed by atoms with van der Waals surface area (Å²) in [5, 5.41) is 6.31. The van der Waals surface area contributed by atoms with Crippen molar-refractivity contribution in [2.45, 2.75) is 57.1 Å². The van der Waals surface area contributed by atoms with Crippen LogP contribution in [0.1, 0.15) is 44.9 Å². The monoisotopic (exact) mass is 336 g/mol. The average molecular weight is 337 g/mol. The van der Waals surface area contributed by atoms with E-state index in [1.54, 1.807) is 18.2 Å². The molecule has 1 saturated carbocycles. The molecule has 0 radical (unpaired) electrons. The quantitative estimate of drug-likeness (QED) is 0.832. The molecule has 0 spiro atoms. The van der Waals surface area contributed by atoms with Crippen molar-refractivity contribution in [3.8, 4) is 5.75 Å². The summed E-state index contributed by atoms with van der Waals surface area (Å²) >= 11 is 5.90.